The van der Waals surface area contributed by atoms with E-state index in [1.165, 1.54) is 15.5 Å². The fourth-order valence-corrected chi connectivity index (χ4v) is 7.44. The van der Waals surface area contributed by atoms with E-state index in [1.807, 2.05) is 38.1 Å². The zero-order valence-corrected chi connectivity index (χ0v) is 31.0. The van der Waals surface area contributed by atoms with E-state index >= 15 is 0 Å². The molecule has 1 unspecified atom stereocenters. The number of aromatic nitrogens is 3. The van der Waals surface area contributed by atoms with Gasteiger partial charge in [-0.25, -0.2) is 19.3 Å². The lowest BCUT2D eigenvalue weighted by Gasteiger charge is -2.35. The number of benzene rings is 3. The minimum absolute atomic E-state index is 0.00658. The zero-order chi connectivity index (χ0) is 39.0. The number of nitrogens with one attached hydrogen (secondary N) is 3. The molecule has 55 heavy (non-hydrogen) atoms. The SMILES string of the molecule is CC(C)c1cc(-c2n[nH]c(=O)n2-c2ccc(CN3CCN(CCN(C)C(=O)Nc4cccc5c4CN(C4CCC(=O)NC4=O)C5=O)CC3)cc2)c(O)cc1O. The third-order valence-electron chi connectivity index (χ3n) is 10.7. The van der Waals surface area contributed by atoms with Crippen molar-refractivity contribution in [3.63, 3.8) is 0 Å². The maximum absolute atomic E-state index is 13.2. The van der Waals surface area contributed by atoms with Crippen LogP contribution in [0, 0.1) is 0 Å². The standard InChI is InChI=1S/C39H45N9O7/c1-23(2)27-19-28(33(50)20-32(27)49)35-42-43-39(55)48(35)25-9-7-24(8-10-25)21-46-17-15-45(16-18-46)14-13-44(3)38(54)40-30-6-4-5-26-29(30)22-47(37(26)53)31-11-12-34(51)41-36(31)52/h4-10,19-20,23,31,49-50H,11-18,21-22H2,1-3H3,(H,40,54)(H,43,55)(H,41,51,52). The lowest BCUT2D eigenvalue weighted by Crippen LogP contribution is -2.52. The van der Waals surface area contributed by atoms with E-state index in [9.17, 15) is 34.2 Å². The summed E-state index contributed by atoms with van der Waals surface area (Å²) < 4.78 is 1.40. The van der Waals surface area contributed by atoms with Crippen LogP contribution in [0.15, 0.2) is 59.4 Å². The number of rotatable bonds is 10. The van der Waals surface area contributed by atoms with Crippen LogP contribution in [0.25, 0.3) is 17.1 Å². The van der Waals surface area contributed by atoms with Gasteiger partial charge in [-0.15, -0.1) is 0 Å². The van der Waals surface area contributed by atoms with Crippen LogP contribution in [0.2, 0.25) is 0 Å². The van der Waals surface area contributed by atoms with Crippen molar-refractivity contribution in [2.45, 2.75) is 51.7 Å². The highest BCUT2D eigenvalue weighted by Gasteiger charge is 2.40. The van der Waals surface area contributed by atoms with Gasteiger partial charge in [-0.1, -0.05) is 32.0 Å². The quantitative estimate of drug-likeness (QED) is 0.150. The van der Waals surface area contributed by atoms with Crippen LogP contribution in [-0.2, 0) is 22.7 Å². The highest BCUT2D eigenvalue weighted by molar-refractivity contribution is 6.06. The molecular formula is C39H45N9O7. The molecule has 1 atom stereocenters. The molecule has 7 rings (SSSR count). The molecule has 288 valence electrons. The first-order chi connectivity index (χ1) is 26.4. The largest absolute Gasteiger partial charge is 0.508 e. The van der Waals surface area contributed by atoms with Crippen LogP contribution < -0.4 is 16.3 Å². The average molecular weight is 752 g/mol. The van der Waals surface area contributed by atoms with Gasteiger partial charge >= 0.3 is 11.7 Å². The molecule has 2 fully saturated rings. The van der Waals surface area contributed by atoms with E-state index in [1.54, 1.807) is 36.2 Å². The summed E-state index contributed by atoms with van der Waals surface area (Å²) in [4.78, 5) is 71.0. The van der Waals surface area contributed by atoms with E-state index in [0.29, 0.717) is 46.7 Å². The lowest BCUT2D eigenvalue weighted by molar-refractivity contribution is -0.136. The van der Waals surface area contributed by atoms with Crippen molar-refractivity contribution in [2.24, 2.45) is 0 Å². The van der Waals surface area contributed by atoms with Gasteiger partial charge in [0.1, 0.15) is 17.5 Å². The van der Waals surface area contributed by atoms with E-state index in [4.69, 9.17) is 0 Å². The zero-order valence-electron chi connectivity index (χ0n) is 31.0. The summed E-state index contributed by atoms with van der Waals surface area (Å²) >= 11 is 0. The summed E-state index contributed by atoms with van der Waals surface area (Å²) in [6.45, 7) is 9.30. The Morgan fingerprint density at radius 1 is 0.964 bits per heavy atom. The number of piperidine rings is 1. The molecule has 16 nitrogen and oxygen atoms in total. The van der Waals surface area contributed by atoms with Crippen LogP contribution in [0.5, 0.6) is 11.5 Å². The van der Waals surface area contributed by atoms with Crippen molar-refractivity contribution in [1.29, 1.82) is 0 Å². The summed E-state index contributed by atoms with van der Waals surface area (Å²) in [7, 11) is 1.73. The number of fused-ring (bicyclic) bond motifs is 1. The number of likely N-dealkylation sites (N-methyl/N-ethyl adjacent to an activating group) is 1. The molecule has 3 aliphatic heterocycles. The normalized spacial score (nSPS) is 17.8. The Hall–Kier alpha value is -6.00. The van der Waals surface area contributed by atoms with Gasteiger partial charge in [0.05, 0.1) is 11.3 Å². The Labute approximate surface area is 317 Å². The molecule has 3 aromatic carbocycles. The Balaban J connectivity index is 0.896. The lowest BCUT2D eigenvalue weighted by atomic mass is 9.98. The summed E-state index contributed by atoms with van der Waals surface area (Å²) in [5.41, 5.74) is 3.81. The fourth-order valence-electron chi connectivity index (χ4n) is 7.44. The molecule has 1 aromatic heterocycles. The maximum Gasteiger partial charge on any atom is 0.348 e. The number of aromatic hydroxyl groups is 2. The highest BCUT2D eigenvalue weighted by Crippen LogP contribution is 2.37. The van der Waals surface area contributed by atoms with Crippen LogP contribution in [0.4, 0.5) is 10.5 Å². The van der Waals surface area contributed by atoms with Gasteiger partial charge in [-0.2, -0.15) is 5.10 Å². The predicted molar refractivity (Wildman–Crippen MR) is 203 cm³/mol. The third kappa shape index (κ3) is 7.68. The molecule has 0 aliphatic carbocycles. The van der Waals surface area contributed by atoms with Gasteiger partial charge in [0, 0.05) is 88.7 Å². The van der Waals surface area contributed by atoms with Crippen LogP contribution in [-0.4, -0.2) is 121 Å². The molecule has 16 heteroatoms. The second-order valence-corrected chi connectivity index (χ2v) is 14.6. The first-order valence-electron chi connectivity index (χ1n) is 18.4. The van der Waals surface area contributed by atoms with Gasteiger partial charge < -0.3 is 25.3 Å². The number of urea groups is 1. The number of phenolic OH excluding ortho intramolecular Hbond substituents is 2. The Kier molecular flexibility index (Phi) is 10.4. The minimum atomic E-state index is -0.730. The van der Waals surface area contributed by atoms with Gasteiger partial charge in [0.15, 0.2) is 5.82 Å². The number of hydrogen-bond acceptors (Lipinski definition) is 10. The summed E-state index contributed by atoms with van der Waals surface area (Å²) in [6.07, 6.45) is 0.438. The molecule has 0 bridgehead atoms. The van der Waals surface area contributed by atoms with E-state index in [2.05, 4.69) is 30.6 Å². The van der Waals surface area contributed by atoms with Crippen LogP contribution >= 0.6 is 0 Å². The molecule has 0 saturated carbocycles. The minimum Gasteiger partial charge on any atom is -0.508 e. The first-order valence-corrected chi connectivity index (χ1v) is 18.4. The number of phenols is 2. The number of anilines is 1. The average Bonchev–Trinajstić information content (AvgIpc) is 3.71. The highest BCUT2D eigenvalue weighted by atomic mass is 16.3. The second kappa shape index (κ2) is 15.4. The summed E-state index contributed by atoms with van der Waals surface area (Å²) in [5, 5.41) is 32.8. The number of piperazine rings is 1. The molecule has 2 saturated heterocycles. The molecule has 5 amide bonds. The topological polar surface area (TPSA) is 196 Å². The van der Waals surface area contributed by atoms with Crippen molar-refractivity contribution in [3.05, 3.63) is 87.3 Å². The number of aromatic amines is 1. The van der Waals surface area contributed by atoms with Crippen molar-refractivity contribution in [1.82, 2.24) is 39.7 Å². The number of amides is 5. The number of hydrogen-bond donors (Lipinski definition) is 5. The van der Waals surface area contributed by atoms with Gasteiger partial charge in [-0.3, -0.25) is 29.5 Å². The molecule has 4 aromatic rings. The van der Waals surface area contributed by atoms with Gasteiger partial charge in [0.2, 0.25) is 11.8 Å². The predicted octanol–water partition coefficient (Wildman–Crippen LogP) is 2.80. The maximum atomic E-state index is 13.2. The number of nitrogens with zero attached hydrogens (tertiary/aromatic N) is 6. The van der Waals surface area contributed by atoms with Gasteiger partial charge in [0.25, 0.3) is 5.91 Å². The molecular weight excluding hydrogens is 706 g/mol. The molecule has 5 N–H and O–H groups in total. The van der Waals surface area contributed by atoms with E-state index in [-0.39, 0.29) is 60.5 Å². The number of carbonyl (C=O) groups excluding carboxylic acids is 4. The van der Waals surface area contributed by atoms with Crippen LogP contribution in [0.3, 0.4) is 0 Å². The Morgan fingerprint density at radius 2 is 1.69 bits per heavy atom. The Morgan fingerprint density at radius 3 is 2.40 bits per heavy atom. The molecule has 0 spiro atoms. The summed E-state index contributed by atoms with van der Waals surface area (Å²) in [5.74, 6) is -1.07. The van der Waals surface area contributed by atoms with E-state index in [0.717, 1.165) is 38.3 Å². The Bertz CT molecular complexity index is 2190. The summed E-state index contributed by atoms with van der Waals surface area (Å²) in [6, 6.07) is 14.7. The second-order valence-electron chi connectivity index (χ2n) is 14.6. The number of carbonyl (C=O) groups is 4. The fraction of sp³-hybridized carbons (Fsp3) is 0.385. The van der Waals surface area contributed by atoms with Crippen molar-refractivity contribution in [2.75, 3.05) is 51.6 Å². The monoisotopic (exact) mass is 751 g/mol. The van der Waals surface area contributed by atoms with Crippen molar-refractivity contribution >= 4 is 29.4 Å². The number of H-pyrrole nitrogens is 1. The third-order valence-corrected chi connectivity index (χ3v) is 10.7. The van der Waals surface area contributed by atoms with E-state index < -0.39 is 17.6 Å². The number of imide groups is 1. The molecule has 4 heterocycles. The van der Waals surface area contributed by atoms with Crippen molar-refractivity contribution in [3.8, 4) is 28.6 Å². The van der Waals surface area contributed by atoms with Gasteiger partial charge in [-0.05, 0) is 53.8 Å². The van der Waals surface area contributed by atoms with Crippen LogP contribution in [0.1, 0.15) is 59.7 Å². The van der Waals surface area contributed by atoms with Crippen molar-refractivity contribution < 1.29 is 29.4 Å². The smallest absolute Gasteiger partial charge is 0.348 e. The first kappa shape index (κ1) is 37.3. The molecule has 3 aliphatic rings. The molecule has 0 radical (unpaired) electrons.